The SMILES string of the molecule is O=C(CSc1ccc(S(=O)(=O)N2CCCC2)cc1)Nc1ccc(Cl)cc1. The Morgan fingerprint density at radius 3 is 2.27 bits per heavy atom. The zero-order valence-corrected chi connectivity index (χ0v) is 16.4. The summed E-state index contributed by atoms with van der Waals surface area (Å²) in [5.41, 5.74) is 0.687. The fraction of sp³-hybridized carbons (Fsp3) is 0.278. The molecule has 0 aliphatic carbocycles. The number of halogens is 1. The summed E-state index contributed by atoms with van der Waals surface area (Å²) in [7, 11) is -3.40. The summed E-state index contributed by atoms with van der Waals surface area (Å²) in [6, 6.07) is 13.6. The average Bonchev–Trinajstić information content (AvgIpc) is 3.18. The highest BCUT2D eigenvalue weighted by Crippen LogP contribution is 2.24. The van der Waals surface area contributed by atoms with E-state index in [1.807, 2.05) is 0 Å². The summed E-state index contributed by atoms with van der Waals surface area (Å²) in [4.78, 5) is 13.1. The molecule has 0 spiro atoms. The van der Waals surface area contributed by atoms with Crippen molar-refractivity contribution in [3.8, 4) is 0 Å². The van der Waals surface area contributed by atoms with Gasteiger partial charge in [0.15, 0.2) is 0 Å². The molecule has 1 N–H and O–H groups in total. The monoisotopic (exact) mass is 410 g/mol. The number of carbonyl (C=O) groups is 1. The molecule has 0 unspecified atom stereocenters. The van der Waals surface area contributed by atoms with Crippen molar-refractivity contribution in [3.63, 3.8) is 0 Å². The molecule has 0 aromatic heterocycles. The zero-order valence-electron chi connectivity index (χ0n) is 14.0. The molecule has 3 rings (SSSR count). The second kappa shape index (κ2) is 8.43. The Balaban J connectivity index is 1.55. The van der Waals surface area contributed by atoms with Crippen LogP contribution in [-0.2, 0) is 14.8 Å². The summed E-state index contributed by atoms with van der Waals surface area (Å²) >= 11 is 7.17. The maximum Gasteiger partial charge on any atom is 0.243 e. The van der Waals surface area contributed by atoms with Gasteiger partial charge in [-0.2, -0.15) is 4.31 Å². The van der Waals surface area contributed by atoms with Gasteiger partial charge in [0.05, 0.1) is 10.6 Å². The van der Waals surface area contributed by atoms with Crippen LogP contribution in [0, 0.1) is 0 Å². The smallest absolute Gasteiger partial charge is 0.243 e. The molecule has 1 heterocycles. The van der Waals surface area contributed by atoms with Crippen molar-refractivity contribution < 1.29 is 13.2 Å². The number of benzene rings is 2. The first-order valence-electron chi connectivity index (χ1n) is 8.23. The lowest BCUT2D eigenvalue weighted by Gasteiger charge is -2.15. The number of amides is 1. The third-order valence-electron chi connectivity index (χ3n) is 4.02. The van der Waals surface area contributed by atoms with Crippen LogP contribution in [0.3, 0.4) is 0 Å². The predicted octanol–water partition coefficient (Wildman–Crippen LogP) is 3.86. The molecule has 5 nitrogen and oxygen atoms in total. The fourth-order valence-corrected chi connectivity index (χ4v) is 5.01. The van der Waals surface area contributed by atoms with Crippen molar-refractivity contribution in [2.75, 3.05) is 24.2 Å². The van der Waals surface area contributed by atoms with Crippen LogP contribution < -0.4 is 5.32 Å². The Kier molecular flexibility index (Phi) is 6.24. The normalized spacial score (nSPS) is 15.1. The van der Waals surface area contributed by atoms with Crippen molar-refractivity contribution in [1.82, 2.24) is 4.31 Å². The first-order valence-corrected chi connectivity index (χ1v) is 11.0. The van der Waals surface area contributed by atoms with E-state index in [-0.39, 0.29) is 11.7 Å². The number of carbonyl (C=O) groups excluding carboxylic acids is 1. The van der Waals surface area contributed by atoms with E-state index in [9.17, 15) is 13.2 Å². The Morgan fingerprint density at radius 2 is 1.65 bits per heavy atom. The van der Waals surface area contributed by atoms with E-state index >= 15 is 0 Å². The summed E-state index contributed by atoms with van der Waals surface area (Å²) in [5.74, 6) is 0.104. The predicted molar refractivity (Wildman–Crippen MR) is 105 cm³/mol. The lowest BCUT2D eigenvalue weighted by atomic mass is 10.3. The minimum atomic E-state index is -3.40. The molecule has 0 saturated carbocycles. The van der Waals surface area contributed by atoms with E-state index in [1.165, 1.54) is 16.1 Å². The van der Waals surface area contributed by atoms with Gasteiger partial charge in [-0.1, -0.05) is 11.6 Å². The van der Waals surface area contributed by atoms with Crippen LogP contribution in [0.4, 0.5) is 5.69 Å². The van der Waals surface area contributed by atoms with E-state index in [4.69, 9.17) is 11.6 Å². The van der Waals surface area contributed by atoms with Crippen molar-refractivity contribution in [2.45, 2.75) is 22.6 Å². The van der Waals surface area contributed by atoms with Crippen LogP contribution in [0.15, 0.2) is 58.3 Å². The Morgan fingerprint density at radius 1 is 1.04 bits per heavy atom. The van der Waals surface area contributed by atoms with Gasteiger partial charge in [0.1, 0.15) is 0 Å². The van der Waals surface area contributed by atoms with Crippen molar-refractivity contribution in [3.05, 3.63) is 53.6 Å². The highest BCUT2D eigenvalue weighted by atomic mass is 35.5. The molecular formula is C18H19ClN2O3S2. The Hall–Kier alpha value is -1.54. The summed E-state index contributed by atoms with van der Waals surface area (Å²) in [5, 5.41) is 3.40. The largest absolute Gasteiger partial charge is 0.325 e. The van der Waals surface area contributed by atoms with Crippen LogP contribution in [0.25, 0.3) is 0 Å². The van der Waals surface area contributed by atoms with E-state index < -0.39 is 10.0 Å². The van der Waals surface area contributed by atoms with Crippen LogP contribution in [0.2, 0.25) is 5.02 Å². The lowest BCUT2D eigenvalue weighted by molar-refractivity contribution is -0.113. The minimum absolute atomic E-state index is 0.133. The third kappa shape index (κ3) is 4.79. The number of nitrogens with zero attached hydrogens (tertiary/aromatic N) is 1. The second-order valence-corrected chi connectivity index (χ2v) is 9.35. The molecule has 1 saturated heterocycles. The standard InChI is InChI=1S/C18H19ClN2O3S2/c19-14-3-5-15(6-4-14)20-18(22)13-25-16-7-9-17(10-8-16)26(23,24)21-11-1-2-12-21/h3-10H,1-2,11-13H2,(H,20,22). The molecule has 1 aliphatic rings. The number of hydrogen-bond acceptors (Lipinski definition) is 4. The van der Waals surface area contributed by atoms with Crippen molar-refractivity contribution in [1.29, 1.82) is 0 Å². The molecule has 1 fully saturated rings. The van der Waals surface area contributed by atoms with Crippen LogP contribution >= 0.6 is 23.4 Å². The highest BCUT2D eigenvalue weighted by Gasteiger charge is 2.26. The molecule has 1 amide bonds. The molecule has 1 aliphatic heterocycles. The number of nitrogens with one attached hydrogen (secondary N) is 1. The second-order valence-electron chi connectivity index (χ2n) is 5.93. The Bertz CT molecular complexity index is 862. The van der Waals surface area contributed by atoms with Gasteiger partial charge in [0.25, 0.3) is 0 Å². The number of hydrogen-bond donors (Lipinski definition) is 1. The van der Waals surface area contributed by atoms with Gasteiger partial charge in [-0.25, -0.2) is 8.42 Å². The summed E-state index contributed by atoms with van der Waals surface area (Å²) < 4.78 is 26.5. The molecule has 2 aromatic carbocycles. The van der Waals surface area contributed by atoms with E-state index in [2.05, 4.69) is 5.32 Å². The first kappa shape index (κ1) is 19.2. The maximum atomic E-state index is 12.5. The molecule has 8 heteroatoms. The van der Waals surface area contributed by atoms with Crippen LogP contribution in [0.1, 0.15) is 12.8 Å². The topological polar surface area (TPSA) is 66.5 Å². The van der Waals surface area contributed by atoms with Crippen LogP contribution in [-0.4, -0.2) is 37.5 Å². The number of sulfonamides is 1. The number of anilines is 1. The number of rotatable bonds is 6. The van der Waals surface area contributed by atoms with E-state index in [0.29, 0.717) is 28.7 Å². The van der Waals surface area contributed by atoms with Gasteiger partial charge in [0, 0.05) is 28.7 Å². The molecule has 0 radical (unpaired) electrons. The van der Waals surface area contributed by atoms with Gasteiger partial charge in [-0.05, 0) is 61.4 Å². The van der Waals surface area contributed by atoms with Crippen LogP contribution in [0.5, 0.6) is 0 Å². The zero-order chi connectivity index (χ0) is 18.6. The average molecular weight is 411 g/mol. The van der Waals surface area contributed by atoms with E-state index in [0.717, 1.165) is 17.7 Å². The van der Waals surface area contributed by atoms with Gasteiger partial charge in [0.2, 0.25) is 15.9 Å². The van der Waals surface area contributed by atoms with E-state index in [1.54, 1.807) is 48.5 Å². The van der Waals surface area contributed by atoms with Gasteiger partial charge >= 0.3 is 0 Å². The third-order valence-corrected chi connectivity index (χ3v) is 7.20. The van der Waals surface area contributed by atoms with Crippen molar-refractivity contribution in [2.24, 2.45) is 0 Å². The summed E-state index contributed by atoms with van der Waals surface area (Å²) in [6.45, 7) is 1.17. The van der Waals surface area contributed by atoms with Gasteiger partial charge in [-0.15, -0.1) is 11.8 Å². The molecular weight excluding hydrogens is 392 g/mol. The molecule has 138 valence electrons. The highest BCUT2D eigenvalue weighted by molar-refractivity contribution is 8.00. The quantitative estimate of drug-likeness (QED) is 0.734. The molecule has 0 bridgehead atoms. The minimum Gasteiger partial charge on any atom is -0.325 e. The fourth-order valence-electron chi connectivity index (χ4n) is 2.66. The molecule has 0 atom stereocenters. The maximum absolute atomic E-state index is 12.5. The lowest BCUT2D eigenvalue weighted by Crippen LogP contribution is -2.27. The molecule has 26 heavy (non-hydrogen) atoms. The van der Waals surface area contributed by atoms with Gasteiger partial charge in [-0.3, -0.25) is 4.79 Å². The van der Waals surface area contributed by atoms with Gasteiger partial charge < -0.3 is 5.32 Å². The molecule has 2 aromatic rings. The summed E-state index contributed by atoms with van der Waals surface area (Å²) in [6.07, 6.45) is 1.83. The van der Waals surface area contributed by atoms with Crippen molar-refractivity contribution >= 4 is 45.0 Å². The Labute approximate surface area is 162 Å². The number of thioether (sulfide) groups is 1. The first-order chi connectivity index (χ1) is 12.4.